The molecule has 1 aliphatic rings. The number of likely N-dealkylation sites (tertiary alicyclic amines) is 1. The Bertz CT molecular complexity index is 480. The molecule has 0 spiro atoms. The van der Waals surface area contributed by atoms with Gasteiger partial charge in [-0.1, -0.05) is 18.5 Å². The Morgan fingerprint density at radius 2 is 2.35 bits per heavy atom. The summed E-state index contributed by atoms with van der Waals surface area (Å²) in [5, 5.41) is 6.54. The van der Waals surface area contributed by atoms with E-state index in [0.717, 1.165) is 32.5 Å². The minimum atomic E-state index is -0.199. The average Bonchev–Trinajstić information content (AvgIpc) is 2.83. The van der Waals surface area contributed by atoms with Gasteiger partial charge in [-0.2, -0.15) is 0 Å². The molecule has 0 saturated carbocycles. The van der Waals surface area contributed by atoms with Gasteiger partial charge in [0, 0.05) is 19.1 Å². The number of rotatable bonds is 5. The van der Waals surface area contributed by atoms with Gasteiger partial charge in [0.05, 0.1) is 5.02 Å². The zero-order chi connectivity index (χ0) is 14.5. The predicted octanol–water partition coefficient (Wildman–Crippen LogP) is 1.99. The van der Waals surface area contributed by atoms with E-state index in [2.05, 4.69) is 27.4 Å². The number of likely N-dealkylation sites (N-methyl/N-ethyl adjacent to an activating group) is 1. The fourth-order valence-electron chi connectivity index (χ4n) is 2.26. The second-order valence-electron chi connectivity index (χ2n) is 5.18. The number of nitrogens with one attached hydrogen (secondary N) is 2. The number of carbonyl (C=O) groups is 1. The molecule has 6 heteroatoms. The second kappa shape index (κ2) is 6.90. The molecule has 1 amide bonds. The van der Waals surface area contributed by atoms with Crippen LogP contribution in [0.5, 0.6) is 0 Å². The largest absolute Gasteiger partial charge is 0.370 e. The summed E-state index contributed by atoms with van der Waals surface area (Å²) in [5.74, 6) is 0.486. The number of nitrogens with zero attached hydrogens (tertiary/aromatic N) is 2. The Balaban J connectivity index is 2.04. The van der Waals surface area contributed by atoms with Crippen molar-refractivity contribution >= 4 is 23.3 Å². The van der Waals surface area contributed by atoms with Crippen molar-refractivity contribution in [1.82, 2.24) is 15.2 Å². The van der Waals surface area contributed by atoms with Crippen LogP contribution in [-0.4, -0.2) is 48.5 Å². The van der Waals surface area contributed by atoms with Gasteiger partial charge in [-0.3, -0.25) is 4.79 Å². The first-order valence-electron chi connectivity index (χ1n) is 7.00. The summed E-state index contributed by atoms with van der Waals surface area (Å²) in [5.41, 5.74) is 0.294. The number of hydrogen-bond acceptors (Lipinski definition) is 4. The maximum Gasteiger partial charge on any atom is 0.271 e. The Kier molecular flexibility index (Phi) is 5.20. The number of hydrogen-bond donors (Lipinski definition) is 2. The van der Waals surface area contributed by atoms with Crippen molar-refractivity contribution in [3.05, 3.63) is 22.8 Å². The molecular weight excluding hydrogens is 276 g/mol. The highest BCUT2D eigenvalue weighted by atomic mass is 35.5. The zero-order valence-electron chi connectivity index (χ0n) is 11.9. The van der Waals surface area contributed by atoms with Gasteiger partial charge >= 0.3 is 0 Å². The molecule has 2 rings (SSSR count). The molecule has 1 unspecified atom stereocenters. The predicted molar refractivity (Wildman–Crippen MR) is 81.4 cm³/mol. The lowest BCUT2D eigenvalue weighted by molar-refractivity contribution is 0.0933. The maximum absolute atomic E-state index is 12.2. The number of anilines is 1. The van der Waals surface area contributed by atoms with Gasteiger partial charge in [-0.15, -0.1) is 0 Å². The van der Waals surface area contributed by atoms with Crippen molar-refractivity contribution in [2.45, 2.75) is 25.8 Å². The smallest absolute Gasteiger partial charge is 0.271 e. The van der Waals surface area contributed by atoms with Crippen LogP contribution < -0.4 is 10.6 Å². The molecule has 0 bridgehead atoms. The first-order chi connectivity index (χ1) is 9.60. The summed E-state index contributed by atoms with van der Waals surface area (Å²) >= 11 is 6.08. The number of pyridine rings is 1. The van der Waals surface area contributed by atoms with Gasteiger partial charge in [0.1, 0.15) is 11.5 Å². The molecule has 5 nitrogen and oxygen atoms in total. The highest BCUT2D eigenvalue weighted by Crippen LogP contribution is 2.17. The first-order valence-corrected chi connectivity index (χ1v) is 7.37. The Hall–Kier alpha value is -1.33. The van der Waals surface area contributed by atoms with Gasteiger partial charge in [-0.25, -0.2) is 4.98 Å². The Morgan fingerprint density at radius 3 is 3.00 bits per heavy atom. The van der Waals surface area contributed by atoms with Crippen LogP contribution in [0.1, 0.15) is 30.3 Å². The molecule has 1 fully saturated rings. The van der Waals surface area contributed by atoms with Crippen LogP contribution in [0.4, 0.5) is 5.82 Å². The topological polar surface area (TPSA) is 57.3 Å². The molecule has 0 aliphatic carbocycles. The van der Waals surface area contributed by atoms with Crippen LogP contribution in [0.2, 0.25) is 5.02 Å². The molecule has 20 heavy (non-hydrogen) atoms. The van der Waals surface area contributed by atoms with Crippen LogP contribution in [0, 0.1) is 0 Å². The Labute approximate surface area is 124 Å². The van der Waals surface area contributed by atoms with Gasteiger partial charge < -0.3 is 15.5 Å². The van der Waals surface area contributed by atoms with E-state index in [1.54, 1.807) is 12.1 Å². The van der Waals surface area contributed by atoms with Gasteiger partial charge in [0.2, 0.25) is 0 Å². The lowest BCUT2D eigenvalue weighted by Gasteiger charge is -2.14. The van der Waals surface area contributed by atoms with E-state index in [1.807, 2.05) is 7.05 Å². The summed E-state index contributed by atoms with van der Waals surface area (Å²) in [6.07, 6.45) is 1.97. The van der Waals surface area contributed by atoms with E-state index in [4.69, 9.17) is 11.6 Å². The molecule has 1 aromatic rings. The summed E-state index contributed by atoms with van der Waals surface area (Å²) in [6.45, 7) is 4.78. The normalized spacial score (nSPS) is 19.1. The maximum atomic E-state index is 12.2. The Morgan fingerprint density at radius 1 is 1.55 bits per heavy atom. The number of halogens is 1. The highest BCUT2D eigenvalue weighted by molar-refractivity contribution is 6.33. The van der Waals surface area contributed by atoms with Crippen molar-refractivity contribution in [1.29, 1.82) is 0 Å². The summed E-state index contributed by atoms with van der Waals surface area (Å²) in [7, 11) is 2.05. The quantitative estimate of drug-likeness (QED) is 0.872. The molecular formula is C14H21ClN4O. The fraction of sp³-hybridized carbons (Fsp3) is 0.571. The minimum absolute atomic E-state index is 0.178. The standard InChI is InChI=1S/C14H21ClN4O/c1-3-7-16-12-5-4-11(15)13(18-12)14(20)17-10-6-8-19(2)9-10/h4-5,10H,3,6-9H2,1-2H3,(H,16,18)(H,17,20). The van der Waals surface area contributed by atoms with Crippen molar-refractivity contribution in [3.63, 3.8) is 0 Å². The highest BCUT2D eigenvalue weighted by Gasteiger charge is 2.23. The third-order valence-electron chi connectivity index (χ3n) is 3.34. The van der Waals surface area contributed by atoms with E-state index in [0.29, 0.717) is 16.5 Å². The third kappa shape index (κ3) is 3.84. The van der Waals surface area contributed by atoms with Crippen LogP contribution in [0.25, 0.3) is 0 Å². The van der Waals surface area contributed by atoms with E-state index >= 15 is 0 Å². The average molecular weight is 297 g/mol. The van der Waals surface area contributed by atoms with E-state index in [-0.39, 0.29) is 11.9 Å². The first kappa shape index (κ1) is 15.1. The number of carbonyl (C=O) groups excluding carboxylic acids is 1. The van der Waals surface area contributed by atoms with E-state index in [1.165, 1.54) is 0 Å². The lowest BCUT2D eigenvalue weighted by Crippen LogP contribution is -2.37. The van der Waals surface area contributed by atoms with E-state index < -0.39 is 0 Å². The zero-order valence-corrected chi connectivity index (χ0v) is 12.7. The molecule has 1 atom stereocenters. The van der Waals surface area contributed by atoms with Crippen molar-refractivity contribution in [2.75, 3.05) is 32.0 Å². The van der Waals surface area contributed by atoms with Gasteiger partial charge in [0.25, 0.3) is 5.91 Å². The van der Waals surface area contributed by atoms with Crippen LogP contribution in [-0.2, 0) is 0 Å². The molecule has 1 aromatic heterocycles. The molecule has 110 valence electrons. The molecule has 1 saturated heterocycles. The summed E-state index contributed by atoms with van der Waals surface area (Å²) < 4.78 is 0. The van der Waals surface area contributed by atoms with Crippen LogP contribution in [0.3, 0.4) is 0 Å². The van der Waals surface area contributed by atoms with Crippen molar-refractivity contribution in [2.24, 2.45) is 0 Å². The lowest BCUT2D eigenvalue weighted by atomic mass is 10.2. The minimum Gasteiger partial charge on any atom is -0.370 e. The van der Waals surface area contributed by atoms with Crippen molar-refractivity contribution < 1.29 is 4.79 Å². The molecule has 1 aliphatic heterocycles. The molecule has 0 radical (unpaired) electrons. The van der Waals surface area contributed by atoms with Crippen molar-refractivity contribution in [3.8, 4) is 0 Å². The molecule has 2 N–H and O–H groups in total. The van der Waals surface area contributed by atoms with Crippen LogP contribution >= 0.6 is 11.6 Å². The van der Waals surface area contributed by atoms with Gasteiger partial charge in [0.15, 0.2) is 0 Å². The van der Waals surface area contributed by atoms with E-state index in [9.17, 15) is 4.79 Å². The van der Waals surface area contributed by atoms with Gasteiger partial charge in [-0.05, 0) is 38.6 Å². The molecule has 2 heterocycles. The summed E-state index contributed by atoms with van der Waals surface area (Å²) in [6, 6.07) is 3.68. The fourth-order valence-corrected chi connectivity index (χ4v) is 2.45. The molecule has 0 aromatic carbocycles. The third-order valence-corrected chi connectivity index (χ3v) is 3.65. The summed E-state index contributed by atoms with van der Waals surface area (Å²) in [4.78, 5) is 18.7. The number of amides is 1. The van der Waals surface area contributed by atoms with Crippen LogP contribution in [0.15, 0.2) is 12.1 Å². The SMILES string of the molecule is CCCNc1ccc(Cl)c(C(=O)NC2CCN(C)C2)n1. The second-order valence-corrected chi connectivity index (χ2v) is 5.58. The number of aromatic nitrogens is 1. The monoisotopic (exact) mass is 296 g/mol.